The van der Waals surface area contributed by atoms with Crippen molar-refractivity contribution < 1.29 is 18.3 Å². The van der Waals surface area contributed by atoms with E-state index in [0.717, 1.165) is 12.8 Å². The molecule has 0 atom stereocenters. The van der Waals surface area contributed by atoms with Crippen LogP contribution in [0.5, 0.6) is 0 Å². The Balaban J connectivity index is 1.91. The van der Waals surface area contributed by atoms with Crippen LogP contribution in [0.1, 0.15) is 19.3 Å². The Morgan fingerprint density at radius 2 is 2.07 bits per heavy atom. The van der Waals surface area contributed by atoms with Crippen LogP contribution in [0.2, 0.25) is 0 Å². The Morgan fingerprint density at radius 1 is 1.40 bits per heavy atom. The monoisotopic (exact) mass is 219 g/mol. The van der Waals surface area contributed by atoms with Crippen LogP contribution >= 0.6 is 0 Å². The summed E-state index contributed by atoms with van der Waals surface area (Å²) in [5.74, 6) is -2.83. The van der Waals surface area contributed by atoms with Gasteiger partial charge in [0, 0.05) is 19.5 Å². The molecule has 5 heteroatoms. The van der Waals surface area contributed by atoms with Crippen LogP contribution in [0.4, 0.5) is 8.78 Å². The molecule has 1 aliphatic heterocycles. The molecule has 2 aliphatic rings. The van der Waals surface area contributed by atoms with Crippen LogP contribution in [0.25, 0.3) is 0 Å². The number of carbonyl (C=O) groups excluding carboxylic acids is 1. The van der Waals surface area contributed by atoms with E-state index in [4.69, 9.17) is 0 Å². The molecule has 0 N–H and O–H groups in total. The molecule has 2 rings (SSSR count). The highest BCUT2D eigenvalue weighted by molar-refractivity contribution is 5.80. The number of alkyl halides is 2. The average molecular weight is 219 g/mol. The second-order valence-corrected chi connectivity index (χ2v) is 4.59. The van der Waals surface area contributed by atoms with E-state index in [9.17, 15) is 13.6 Å². The number of hydrogen-bond acceptors (Lipinski definition) is 3. The molecule has 2 fully saturated rings. The second kappa shape index (κ2) is 3.40. The number of likely N-dealkylation sites (tertiary alicyclic amines) is 1. The van der Waals surface area contributed by atoms with E-state index in [-0.39, 0.29) is 18.9 Å². The number of rotatable bonds is 3. The van der Waals surface area contributed by atoms with Gasteiger partial charge in [0.25, 0.3) is 5.92 Å². The molecule has 0 radical (unpaired) electrons. The summed E-state index contributed by atoms with van der Waals surface area (Å²) < 4.78 is 30.5. The first-order valence-corrected chi connectivity index (χ1v) is 5.16. The molecule has 0 aromatic heterocycles. The van der Waals surface area contributed by atoms with Crippen LogP contribution in [0.15, 0.2) is 0 Å². The summed E-state index contributed by atoms with van der Waals surface area (Å²) in [6.45, 7) is 0.590. The van der Waals surface area contributed by atoms with Gasteiger partial charge in [-0.2, -0.15) is 0 Å². The van der Waals surface area contributed by atoms with Crippen molar-refractivity contribution in [2.45, 2.75) is 25.2 Å². The fourth-order valence-corrected chi connectivity index (χ4v) is 2.16. The lowest BCUT2D eigenvalue weighted by molar-refractivity contribution is -0.148. The third kappa shape index (κ3) is 2.12. The topological polar surface area (TPSA) is 29.5 Å². The van der Waals surface area contributed by atoms with Gasteiger partial charge in [0.05, 0.1) is 19.1 Å². The van der Waals surface area contributed by atoms with Crippen molar-refractivity contribution in [3.8, 4) is 0 Å². The molecule has 1 saturated heterocycles. The fraction of sp³-hybridized carbons (Fsp3) is 0.900. The molecule has 0 unspecified atom stereocenters. The Labute approximate surface area is 87.4 Å². The minimum absolute atomic E-state index is 0.0930. The van der Waals surface area contributed by atoms with Gasteiger partial charge in [-0.15, -0.1) is 0 Å². The SMILES string of the molecule is COC(=O)C1(CN2CCC(F)(F)C2)CC1. The summed E-state index contributed by atoms with van der Waals surface area (Å²) >= 11 is 0. The lowest BCUT2D eigenvalue weighted by Crippen LogP contribution is -2.35. The number of methoxy groups -OCH3 is 1. The maximum atomic E-state index is 12.9. The van der Waals surface area contributed by atoms with Crippen LogP contribution in [-0.4, -0.2) is 43.5 Å². The highest BCUT2D eigenvalue weighted by atomic mass is 19.3. The first-order chi connectivity index (χ1) is 6.97. The minimum Gasteiger partial charge on any atom is -0.469 e. The molecule has 1 heterocycles. The third-order valence-corrected chi connectivity index (χ3v) is 3.25. The molecule has 0 aromatic carbocycles. The van der Waals surface area contributed by atoms with E-state index in [1.54, 1.807) is 4.90 Å². The summed E-state index contributed by atoms with van der Waals surface area (Å²) in [5, 5.41) is 0. The molecule has 86 valence electrons. The number of nitrogens with zero attached hydrogens (tertiary/aromatic N) is 1. The van der Waals surface area contributed by atoms with Gasteiger partial charge in [0.2, 0.25) is 0 Å². The highest BCUT2D eigenvalue weighted by Crippen LogP contribution is 2.48. The first-order valence-electron chi connectivity index (χ1n) is 5.16. The normalized spacial score (nSPS) is 27.7. The van der Waals surface area contributed by atoms with E-state index in [0.29, 0.717) is 13.1 Å². The van der Waals surface area contributed by atoms with Gasteiger partial charge in [0.15, 0.2) is 0 Å². The van der Waals surface area contributed by atoms with Gasteiger partial charge in [-0.25, -0.2) is 8.78 Å². The van der Waals surface area contributed by atoms with Crippen molar-refractivity contribution in [2.24, 2.45) is 5.41 Å². The molecule has 1 saturated carbocycles. The van der Waals surface area contributed by atoms with Crippen molar-refractivity contribution in [2.75, 3.05) is 26.7 Å². The summed E-state index contributed by atoms with van der Waals surface area (Å²) in [5.41, 5.74) is -0.477. The average Bonchev–Trinajstić information content (AvgIpc) is 2.86. The van der Waals surface area contributed by atoms with Crippen LogP contribution in [0.3, 0.4) is 0 Å². The zero-order valence-electron chi connectivity index (χ0n) is 8.76. The number of esters is 1. The maximum absolute atomic E-state index is 12.9. The lowest BCUT2D eigenvalue weighted by atomic mass is 10.1. The summed E-state index contributed by atoms with van der Waals surface area (Å²) in [7, 11) is 1.35. The highest BCUT2D eigenvalue weighted by Gasteiger charge is 2.53. The number of halogens is 2. The molecule has 15 heavy (non-hydrogen) atoms. The van der Waals surface area contributed by atoms with Gasteiger partial charge < -0.3 is 4.74 Å². The predicted molar refractivity (Wildman–Crippen MR) is 49.7 cm³/mol. The van der Waals surface area contributed by atoms with E-state index in [2.05, 4.69) is 4.74 Å². The van der Waals surface area contributed by atoms with E-state index >= 15 is 0 Å². The Hall–Kier alpha value is -0.710. The van der Waals surface area contributed by atoms with Crippen molar-refractivity contribution in [3.63, 3.8) is 0 Å². The van der Waals surface area contributed by atoms with Crippen molar-refractivity contribution in [3.05, 3.63) is 0 Å². The zero-order valence-corrected chi connectivity index (χ0v) is 8.76. The molecule has 1 aliphatic carbocycles. The van der Waals surface area contributed by atoms with E-state index in [1.165, 1.54) is 7.11 Å². The molecule has 0 bridgehead atoms. The molecule has 3 nitrogen and oxygen atoms in total. The largest absolute Gasteiger partial charge is 0.469 e. The number of carbonyl (C=O) groups is 1. The third-order valence-electron chi connectivity index (χ3n) is 3.25. The van der Waals surface area contributed by atoms with E-state index in [1.807, 2.05) is 0 Å². The lowest BCUT2D eigenvalue weighted by Gasteiger charge is -2.21. The second-order valence-electron chi connectivity index (χ2n) is 4.59. The molecule has 0 amide bonds. The Kier molecular flexibility index (Phi) is 2.45. The Morgan fingerprint density at radius 3 is 2.47 bits per heavy atom. The standard InChI is InChI=1S/C10H15F2NO2/c1-15-8(14)9(2-3-9)6-13-5-4-10(11,12)7-13/h2-7H2,1H3. The van der Waals surface area contributed by atoms with Gasteiger partial charge >= 0.3 is 5.97 Å². The minimum atomic E-state index is -2.58. The molecule has 0 aromatic rings. The molecular formula is C10H15F2NO2. The maximum Gasteiger partial charge on any atom is 0.313 e. The number of hydrogen-bond donors (Lipinski definition) is 0. The summed E-state index contributed by atoms with van der Waals surface area (Å²) in [6, 6.07) is 0. The van der Waals surface area contributed by atoms with Crippen LogP contribution in [-0.2, 0) is 9.53 Å². The quantitative estimate of drug-likeness (QED) is 0.670. The summed E-state index contributed by atoms with van der Waals surface area (Å²) in [6.07, 6.45) is 1.44. The van der Waals surface area contributed by atoms with Gasteiger partial charge in [0.1, 0.15) is 0 Å². The van der Waals surface area contributed by atoms with E-state index < -0.39 is 11.3 Å². The van der Waals surface area contributed by atoms with Crippen molar-refractivity contribution >= 4 is 5.97 Å². The van der Waals surface area contributed by atoms with Crippen LogP contribution in [0, 0.1) is 5.41 Å². The van der Waals surface area contributed by atoms with Gasteiger partial charge in [-0.3, -0.25) is 9.69 Å². The van der Waals surface area contributed by atoms with Crippen molar-refractivity contribution in [1.82, 2.24) is 4.90 Å². The van der Waals surface area contributed by atoms with Gasteiger partial charge in [-0.05, 0) is 12.8 Å². The first kappa shape index (κ1) is 10.8. The van der Waals surface area contributed by atoms with Crippen LogP contribution < -0.4 is 0 Å². The fourth-order valence-electron chi connectivity index (χ4n) is 2.16. The molecular weight excluding hydrogens is 204 g/mol. The molecule has 0 spiro atoms. The summed E-state index contributed by atoms with van der Waals surface area (Å²) in [4.78, 5) is 13.1. The van der Waals surface area contributed by atoms with Crippen molar-refractivity contribution in [1.29, 1.82) is 0 Å². The predicted octanol–water partition coefficient (Wildman–Crippen LogP) is 1.28. The smallest absolute Gasteiger partial charge is 0.313 e. The number of ether oxygens (including phenoxy) is 1. The zero-order chi connectivity index (χ0) is 11.1. The Bertz CT molecular complexity index is 277. The van der Waals surface area contributed by atoms with Gasteiger partial charge in [-0.1, -0.05) is 0 Å².